The van der Waals surface area contributed by atoms with Gasteiger partial charge >= 0.3 is 11.9 Å². The largest absolute Gasteiger partial charge is 0.493 e. The third kappa shape index (κ3) is 5.02. The fourth-order valence-electron chi connectivity index (χ4n) is 4.22. The molecule has 37 heavy (non-hydrogen) atoms. The van der Waals surface area contributed by atoms with E-state index < -0.39 is 18.0 Å². The SMILES string of the molecule is COC(=O)c1cc(OC)c2c(c1-c1c(COC(=O)C(N)CCCCN)cc(OC)c3c1OCO3)OCO2. The molecule has 1 unspecified atom stereocenters. The number of fused-ring (bicyclic) bond motifs is 2. The molecule has 0 aliphatic carbocycles. The Hall–Kier alpha value is -3.90. The molecule has 0 saturated heterocycles. The van der Waals surface area contributed by atoms with Gasteiger partial charge < -0.3 is 49.4 Å². The summed E-state index contributed by atoms with van der Waals surface area (Å²) in [4.78, 5) is 25.5. The van der Waals surface area contributed by atoms with Crippen molar-refractivity contribution in [2.24, 2.45) is 11.5 Å². The summed E-state index contributed by atoms with van der Waals surface area (Å²) in [5, 5.41) is 0. The van der Waals surface area contributed by atoms with Crippen molar-refractivity contribution < 1.29 is 47.5 Å². The Morgan fingerprint density at radius 1 is 0.892 bits per heavy atom. The van der Waals surface area contributed by atoms with E-state index in [0.717, 1.165) is 6.42 Å². The zero-order valence-corrected chi connectivity index (χ0v) is 20.9. The minimum Gasteiger partial charge on any atom is -0.493 e. The highest BCUT2D eigenvalue weighted by Crippen LogP contribution is 2.56. The van der Waals surface area contributed by atoms with Crippen molar-refractivity contribution in [1.29, 1.82) is 0 Å². The summed E-state index contributed by atoms with van der Waals surface area (Å²) in [5.41, 5.74) is 12.8. The first-order valence-corrected chi connectivity index (χ1v) is 11.7. The van der Waals surface area contributed by atoms with Crippen LogP contribution in [0.25, 0.3) is 11.1 Å². The van der Waals surface area contributed by atoms with Gasteiger partial charge in [-0.3, -0.25) is 4.79 Å². The van der Waals surface area contributed by atoms with E-state index in [0.29, 0.717) is 53.3 Å². The molecule has 0 spiro atoms. The molecule has 0 fully saturated rings. The van der Waals surface area contributed by atoms with Gasteiger partial charge in [-0.25, -0.2) is 4.79 Å². The predicted octanol–water partition coefficient (Wildman–Crippen LogP) is 2.11. The van der Waals surface area contributed by atoms with Crippen molar-refractivity contribution in [3.05, 3.63) is 23.3 Å². The number of rotatable bonds is 11. The lowest BCUT2D eigenvalue weighted by Gasteiger charge is -2.20. The predicted molar refractivity (Wildman–Crippen MR) is 129 cm³/mol. The van der Waals surface area contributed by atoms with Crippen LogP contribution in [0.15, 0.2) is 12.1 Å². The summed E-state index contributed by atoms with van der Waals surface area (Å²) in [6.07, 6.45) is 1.90. The first kappa shape index (κ1) is 26.2. The maximum atomic E-state index is 12.9. The van der Waals surface area contributed by atoms with Gasteiger partial charge in [-0.15, -0.1) is 0 Å². The van der Waals surface area contributed by atoms with Crippen LogP contribution in [0.2, 0.25) is 0 Å². The minimum absolute atomic E-state index is 0.0861. The second-order valence-electron chi connectivity index (χ2n) is 8.23. The second kappa shape index (κ2) is 11.4. The van der Waals surface area contributed by atoms with Crippen LogP contribution >= 0.6 is 0 Å². The van der Waals surface area contributed by atoms with E-state index >= 15 is 0 Å². The molecule has 2 heterocycles. The van der Waals surface area contributed by atoms with Crippen molar-refractivity contribution in [2.45, 2.75) is 31.9 Å². The molecule has 0 saturated carbocycles. The Balaban J connectivity index is 1.84. The zero-order chi connectivity index (χ0) is 26.5. The highest BCUT2D eigenvalue weighted by Gasteiger charge is 2.36. The monoisotopic (exact) mass is 518 g/mol. The first-order chi connectivity index (χ1) is 17.9. The standard InChI is InChI=1S/C25H30N2O10/c1-30-16-8-13(10-33-25(29)15(27)6-4-5-7-26)18(22-20(16)34-11-36-22)19-14(24(28)32-3)9-17(31-2)21-23(19)37-12-35-21/h8-9,15H,4-7,10-12,26-27H2,1-3H3. The summed E-state index contributed by atoms with van der Waals surface area (Å²) in [7, 11) is 4.18. The average Bonchev–Trinajstić information content (AvgIpc) is 3.60. The molecule has 200 valence electrons. The molecule has 2 aromatic carbocycles. The van der Waals surface area contributed by atoms with Gasteiger partial charge in [0, 0.05) is 16.7 Å². The number of carbonyl (C=O) groups is 2. The fourth-order valence-corrected chi connectivity index (χ4v) is 4.22. The van der Waals surface area contributed by atoms with E-state index in [4.69, 9.17) is 49.4 Å². The fraction of sp³-hybridized carbons (Fsp3) is 0.440. The Morgan fingerprint density at radius 3 is 2.08 bits per heavy atom. The highest BCUT2D eigenvalue weighted by atomic mass is 16.7. The zero-order valence-electron chi connectivity index (χ0n) is 20.9. The van der Waals surface area contributed by atoms with Gasteiger partial charge in [0.05, 0.1) is 26.9 Å². The number of esters is 2. The smallest absolute Gasteiger partial charge is 0.338 e. The van der Waals surface area contributed by atoms with Crippen LogP contribution in [0.4, 0.5) is 0 Å². The summed E-state index contributed by atoms with van der Waals surface area (Å²) in [6.45, 7) is 0.134. The number of carbonyl (C=O) groups excluding carboxylic acids is 2. The number of hydrogen-bond acceptors (Lipinski definition) is 12. The van der Waals surface area contributed by atoms with Gasteiger partial charge in [-0.05, 0) is 31.5 Å². The van der Waals surface area contributed by atoms with Crippen LogP contribution < -0.4 is 39.9 Å². The normalized spacial score (nSPS) is 13.8. The molecule has 2 aliphatic heterocycles. The minimum atomic E-state index is -0.807. The van der Waals surface area contributed by atoms with Crippen molar-refractivity contribution in [1.82, 2.24) is 0 Å². The van der Waals surface area contributed by atoms with E-state index in [1.165, 1.54) is 27.4 Å². The van der Waals surface area contributed by atoms with Gasteiger partial charge in [-0.2, -0.15) is 0 Å². The molecular weight excluding hydrogens is 488 g/mol. The number of hydrogen-bond donors (Lipinski definition) is 2. The number of nitrogens with two attached hydrogens (primary N) is 2. The van der Waals surface area contributed by atoms with Crippen LogP contribution in [0.3, 0.4) is 0 Å². The van der Waals surface area contributed by atoms with E-state index in [2.05, 4.69) is 0 Å². The Kier molecular flexibility index (Phi) is 8.09. The molecule has 4 N–H and O–H groups in total. The Morgan fingerprint density at radius 2 is 1.49 bits per heavy atom. The number of benzene rings is 2. The van der Waals surface area contributed by atoms with Crippen molar-refractivity contribution in [2.75, 3.05) is 41.5 Å². The Labute approximate surface area is 213 Å². The molecule has 12 nitrogen and oxygen atoms in total. The third-order valence-electron chi connectivity index (χ3n) is 6.04. The van der Waals surface area contributed by atoms with Gasteiger partial charge in [-0.1, -0.05) is 6.42 Å². The molecule has 0 amide bonds. The van der Waals surface area contributed by atoms with Gasteiger partial charge in [0.1, 0.15) is 12.6 Å². The summed E-state index contributed by atoms with van der Waals surface area (Å²) in [6, 6.07) is 2.33. The van der Waals surface area contributed by atoms with E-state index in [1.54, 1.807) is 6.07 Å². The molecule has 0 radical (unpaired) electrons. The van der Waals surface area contributed by atoms with Gasteiger partial charge in [0.15, 0.2) is 23.0 Å². The van der Waals surface area contributed by atoms with Gasteiger partial charge in [0.2, 0.25) is 25.1 Å². The molecular formula is C25H30N2O10. The lowest BCUT2D eigenvalue weighted by atomic mass is 9.92. The quantitative estimate of drug-likeness (QED) is 0.330. The van der Waals surface area contributed by atoms with Crippen molar-refractivity contribution in [3.63, 3.8) is 0 Å². The maximum Gasteiger partial charge on any atom is 0.338 e. The summed E-state index contributed by atoms with van der Waals surface area (Å²) < 4.78 is 44.4. The van der Waals surface area contributed by atoms with E-state index in [-0.39, 0.29) is 43.0 Å². The topological polar surface area (TPSA) is 160 Å². The van der Waals surface area contributed by atoms with Crippen LogP contribution in [-0.4, -0.2) is 59.4 Å². The number of unbranched alkanes of at least 4 members (excludes halogenated alkanes) is 1. The van der Waals surface area contributed by atoms with Crippen molar-refractivity contribution in [3.8, 4) is 45.6 Å². The van der Waals surface area contributed by atoms with Crippen LogP contribution in [-0.2, 0) is 20.9 Å². The number of methoxy groups -OCH3 is 3. The third-order valence-corrected chi connectivity index (χ3v) is 6.04. The molecule has 0 aromatic heterocycles. The molecule has 0 bridgehead atoms. The molecule has 2 aliphatic rings. The van der Waals surface area contributed by atoms with Crippen LogP contribution in [0.5, 0.6) is 34.5 Å². The highest BCUT2D eigenvalue weighted by molar-refractivity contribution is 6.03. The summed E-state index contributed by atoms with van der Waals surface area (Å²) in [5.74, 6) is 0.572. The number of ether oxygens (including phenoxy) is 8. The van der Waals surface area contributed by atoms with Crippen LogP contribution in [0.1, 0.15) is 35.2 Å². The summed E-state index contributed by atoms with van der Waals surface area (Å²) >= 11 is 0. The average molecular weight is 519 g/mol. The second-order valence-corrected chi connectivity index (χ2v) is 8.23. The van der Waals surface area contributed by atoms with E-state index in [1.807, 2.05) is 0 Å². The van der Waals surface area contributed by atoms with E-state index in [9.17, 15) is 9.59 Å². The maximum absolute atomic E-state index is 12.9. The lowest BCUT2D eigenvalue weighted by molar-refractivity contribution is -0.146. The van der Waals surface area contributed by atoms with Crippen LogP contribution in [0, 0.1) is 0 Å². The first-order valence-electron chi connectivity index (χ1n) is 11.7. The molecule has 2 aromatic rings. The molecule has 4 rings (SSSR count). The Bertz CT molecular complexity index is 1180. The molecule has 1 atom stereocenters. The van der Waals surface area contributed by atoms with Crippen molar-refractivity contribution >= 4 is 11.9 Å². The van der Waals surface area contributed by atoms with Gasteiger partial charge in [0.25, 0.3) is 0 Å². The lowest BCUT2D eigenvalue weighted by Crippen LogP contribution is -2.32. The molecule has 12 heteroatoms.